The molecule has 3 aliphatic rings. The Morgan fingerprint density at radius 3 is 3.04 bits per heavy atom. The van der Waals surface area contributed by atoms with Crippen molar-refractivity contribution in [3.63, 3.8) is 0 Å². The second-order valence-corrected chi connectivity index (χ2v) is 7.80. The van der Waals surface area contributed by atoms with Crippen molar-refractivity contribution in [1.82, 2.24) is 4.90 Å². The van der Waals surface area contributed by atoms with Crippen molar-refractivity contribution >= 4 is 28.8 Å². The summed E-state index contributed by atoms with van der Waals surface area (Å²) in [6.45, 7) is 5.35. The minimum absolute atomic E-state index is 0.0122. The van der Waals surface area contributed by atoms with E-state index in [0.29, 0.717) is 26.3 Å². The van der Waals surface area contributed by atoms with E-state index in [1.54, 1.807) is 11.3 Å². The lowest BCUT2D eigenvalue weighted by Gasteiger charge is -2.26. The fourth-order valence-corrected chi connectivity index (χ4v) is 4.91. The molecule has 3 saturated heterocycles. The van der Waals surface area contributed by atoms with Crippen molar-refractivity contribution in [1.29, 1.82) is 0 Å². The Kier molecular flexibility index (Phi) is 3.69. The van der Waals surface area contributed by atoms with Crippen LogP contribution in [0, 0.1) is 17.3 Å². The second-order valence-electron chi connectivity index (χ2n) is 7.02. The molecule has 124 valence electrons. The van der Waals surface area contributed by atoms with Gasteiger partial charge in [0.05, 0.1) is 23.6 Å². The number of rotatable bonds is 2. The summed E-state index contributed by atoms with van der Waals surface area (Å²) in [6.07, 6.45) is 1.65. The normalized spacial score (nSPS) is 34.0. The number of carbonyl (C=O) groups is 2. The van der Waals surface area contributed by atoms with Crippen LogP contribution in [0.4, 0.5) is 5.69 Å². The predicted octanol–water partition coefficient (Wildman–Crippen LogP) is 1.99. The molecule has 0 bridgehead atoms. The van der Waals surface area contributed by atoms with Gasteiger partial charge in [0, 0.05) is 31.6 Å². The fourth-order valence-electron chi connectivity index (χ4n) is 4.27. The standard InChI is InChI=1S/C17H22N2O3S/c1-12-8-18(15(20)13-2-6-22-9-13)11-17(12)4-5-19(16(17)21)14-3-7-23-10-14/h3,7,10,12-13H,2,4-6,8-9,11H2,1H3/t12-,13-,17-/m1/s1. The van der Waals surface area contributed by atoms with Crippen LogP contribution in [0.15, 0.2) is 16.8 Å². The van der Waals surface area contributed by atoms with E-state index < -0.39 is 5.41 Å². The average Bonchev–Trinajstić information content (AvgIpc) is 3.31. The molecule has 0 aliphatic carbocycles. The first kappa shape index (κ1) is 15.1. The summed E-state index contributed by atoms with van der Waals surface area (Å²) in [4.78, 5) is 29.6. The van der Waals surface area contributed by atoms with E-state index in [2.05, 4.69) is 6.92 Å². The van der Waals surface area contributed by atoms with Crippen LogP contribution in [0.25, 0.3) is 0 Å². The van der Waals surface area contributed by atoms with E-state index in [0.717, 1.165) is 25.1 Å². The molecule has 23 heavy (non-hydrogen) atoms. The van der Waals surface area contributed by atoms with E-state index in [9.17, 15) is 9.59 Å². The summed E-state index contributed by atoms with van der Waals surface area (Å²) in [5, 5.41) is 4.02. The van der Waals surface area contributed by atoms with Crippen molar-refractivity contribution < 1.29 is 14.3 Å². The fraction of sp³-hybridized carbons (Fsp3) is 0.647. The Labute approximate surface area is 140 Å². The van der Waals surface area contributed by atoms with Gasteiger partial charge in [-0.25, -0.2) is 0 Å². The third-order valence-electron chi connectivity index (χ3n) is 5.77. The molecule has 3 aliphatic heterocycles. The molecule has 4 rings (SSSR count). The van der Waals surface area contributed by atoms with E-state index in [1.807, 2.05) is 26.6 Å². The highest BCUT2D eigenvalue weighted by molar-refractivity contribution is 7.08. The van der Waals surface area contributed by atoms with E-state index in [1.165, 1.54) is 0 Å². The molecular weight excluding hydrogens is 312 g/mol. The Morgan fingerprint density at radius 2 is 2.35 bits per heavy atom. The Morgan fingerprint density at radius 1 is 1.48 bits per heavy atom. The first-order valence-corrected chi connectivity index (χ1v) is 9.27. The van der Waals surface area contributed by atoms with Gasteiger partial charge in [-0.15, -0.1) is 0 Å². The molecule has 2 amide bonds. The summed E-state index contributed by atoms with van der Waals surface area (Å²) in [6, 6.07) is 2.00. The highest BCUT2D eigenvalue weighted by Crippen LogP contribution is 2.46. The number of carbonyl (C=O) groups excluding carboxylic acids is 2. The van der Waals surface area contributed by atoms with Crippen molar-refractivity contribution in [3.05, 3.63) is 16.8 Å². The maximum Gasteiger partial charge on any atom is 0.235 e. The number of nitrogens with zero attached hydrogens (tertiary/aromatic N) is 2. The van der Waals surface area contributed by atoms with Gasteiger partial charge in [0.25, 0.3) is 0 Å². The lowest BCUT2D eigenvalue weighted by Crippen LogP contribution is -2.41. The van der Waals surface area contributed by atoms with Crippen molar-refractivity contribution in [2.75, 3.05) is 37.7 Å². The first-order valence-electron chi connectivity index (χ1n) is 8.32. The lowest BCUT2D eigenvalue weighted by atomic mass is 9.78. The molecule has 0 aromatic carbocycles. The summed E-state index contributed by atoms with van der Waals surface area (Å²) in [5.41, 5.74) is 0.606. The smallest absolute Gasteiger partial charge is 0.235 e. The summed E-state index contributed by atoms with van der Waals surface area (Å²) >= 11 is 1.61. The molecule has 0 unspecified atom stereocenters. The quantitative estimate of drug-likeness (QED) is 0.831. The molecule has 1 spiro atoms. The van der Waals surface area contributed by atoms with Crippen molar-refractivity contribution in [2.24, 2.45) is 17.3 Å². The summed E-state index contributed by atoms with van der Waals surface area (Å²) in [7, 11) is 0. The molecular formula is C17H22N2O3S. The number of hydrogen-bond acceptors (Lipinski definition) is 4. The Balaban J connectivity index is 1.53. The lowest BCUT2D eigenvalue weighted by molar-refractivity contribution is -0.135. The molecule has 0 N–H and O–H groups in total. The van der Waals surface area contributed by atoms with Gasteiger partial charge in [0.1, 0.15) is 0 Å². The number of likely N-dealkylation sites (tertiary alicyclic amines) is 1. The molecule has 0 saturated carbocycles. The molecule has 0 radical (unpaired) electrons. The maximum atomic E-state index is 13.1. The van der Waals surface area contributed by atoms with E-state index >= 15 is 0 Å². The number of anilines is 1. The van der Waals surface area contributed by atoms with Crippen LogP contribution in [-0.2, 0) is 14.3 Å². The predicted molar refractivity (Wildman–Crippen MR) is 88.4 cm³/mol. The van der Waals surface area contributed by atoms with Gasteiger partial charge in [0.15, 0.2) is 0 Å². The minimum atomic E-state index is -0.392. The van der Waals surface area contributed by atoms with Crippen molar-refractivity contribution in [3.8, 4) is 0 Å². The van der Waals surface area contributed by atoms with Gasteiger partial charge in [0.2, 0.25) is 11.8 Å². The number of amides is 2. The number of thiophene rings is 1. The van der Waals surface area contributed by atoms with Gasteiger partial charge in [-0.1, -0.05) is 6.92 Å². The SMILES string of the molecule is C[C@@H]1CN(C(=O)[C@@H]2CCOC2)C[C@]12CCN(c1ccsc1)C2=O. The Hall–Kier alpha value is -1.40. The number of hydrogen-bond donors (Lipinski definition) is 0. The molecule has 4 heterocycles. The van der Waals surface area contributed by atoms with Gasteiger partial charge in [-0.2, -0.15) is 11.3 Å². The van der Waals surface area contributed by atoms with E-state index in [-0.39, 0.29) is 23.7 Å². The highest BCUT2D eigenvalue weighted by atomic mass is 32.1. The van der Waals surface area contributed by atoms with Gasteiger partial charge in [-0.05, 0) is 30.2 Å². The molecule has 3 atom stereocenters. The molecule has 5 nitrogen and oxygen atoms in total. The molecule has 1 aromatic heterocycles. The number of ether oxygens (including phenoxy) is 1. The van der Waals surface area contributed by atoms with E-state index in [4.69, 9.17) is 4.74 Å². The van der Waals surface area contributed by atoms with Crippen LogP contribution in [0.2, 0.25) is 0 Å². The summed E-state index contributed by atoms with van der Waals surface area (Å²) < 4.78 is 5.35. The third-order valence-corrected chi connectivity index (χ3v) is 6.44. The Bertz CT molecular complexity index is 611. The van der Waals surface area contributed by atoms with Gasteiger partial charge < -0.3 is 14.5 Å². The topological polar surface area (TPSA) is 49.9 Å². The van der Waals surface area contributed by atoms with Crippen LogP contribution in [-0.4, -0.2) is 49.6 Å². The highest BCUT2D eigenvalue weighted by Gasteiger charge is 2.56. The van der Waals surface area contributed by atoms with Crippen LogP contribution < -0.4 is 4.90 Å². The van der Waals surface area contributed by atoms with Crippen LogP contribution in [0.1, 0.15) is 19.8 Å². The third kappa shape index (κ3) is 2.31. The largest absolute Gasteiger partial charge is 0.381 e. The first-order chi connectivity index (χ1) is 11.1. The second kappa shape index (κ2) is 5.60. The average molecular weight is 334 g/mol. The maximum absolute atomic E-state index is 13.1. The zero-order chi connectivity index (χ0) is 16.0. The molecule has 1 aromatic rings. The summed E-state index contributed by atoms with van der Waals surface area (Å²) in [5.74, 6) is 0.570. The zero-order valence-electron chi connectivity index (χ0n) is 13.4. The monoisotopic (exact) mass is 334 g/mol. The molecule has 6 heteroatoms. The minimum Gasteiger partial charge on any atom is -0.381 e. The van der Waals surface area contributed by atoms with Crippen LogP contribution in [0.5, 0.6) is 0 Å². The van der Waals surface area contributed by atoms with Gasteiger partial charge in [-0.3, -0.25) is 9.59 Å². The molecule has 3 fully saturated rings. The van der Waals surface area contributed by atoms with Gasteiger partial charge >= 0.3 is 0 Å². The van der Waals surface area contributed by atoms with Crippen LogP contribution >= 0.6 is 11.3 Å². The van der Waals surface area contributed by atoms with Crippen molar-refractivity contribution in [2.45, 2.75) is 19.8 Å². The zero-order valence-corrected chi connectivity index (χ0v) is 14.2. The van der Waals surface area contributed by atoms with Crippen LogP contribution in [0.3, 0.4) is 0 Å².